The van der Waals surface area contributed by atoms with Crippen LogP contribution >= 0.6 is 34.5 Å². The number of thiophene rings is 1. The molecule has 1 aromatic heterocycles. The molecular formula is C15H16Cl2N4O4S2. The average Bonchev–Trinajstić information content (AvgIpc) is 3.22. The summed E-state index contributed by atoms with van der Waals surface area (Å²) in [5, 5.41) is 20.0. The first-order valence-corrected chi connectivity index (χ1v) is 11.0. The van der Waals surface area contributed by atoms with Crippen LogP contribution in [-0.2, 0) is 10.0 Å². The third-order valence-electron chi connectivity index (χ3n) is 3.81. The van der Waals surface area contributed by atoms with Crippen molar-refractivity contribution in [2.24, 2.45) is 0 Å². The summed E-state index contributed by atoms with van der Waals surface area (Å²) in [6.07, 6.45) is 0.666. The summed E-state index contributed by atoms with van der Waals surface area (Å²) in [4.78, 5) is 12.1. The van der Waals surface area contributed by atoms with Gasteiger partial charge in [-0.1, -0.05) is 29.3 Å². The van der Waals surface area contributed by atoms with Crippen LogP contribution in [0.2, 0.25) is 10.0 Å². The lowest BCUT2D eigenvalue weighted by atomic mass is 10.3. The monoisotopic (exact) mass is 450 g/mol. The zero-order valence-corrected chi connectivity index (χ0v) is 16.9. The predicted molar refractivity (Wildman–Crippen MR) is 107 cm³/mol. The van der Waals surface area contributed by atoms with E-state index in [0.717, 1.165) is 17.9 Å². The number of sulfonamides is 1. The Morgan fingerprint density at radius 1 is 1.26 bits per heavy atom. The van der Waals surface area contributed by atoms with E-state index >= 15 is 0 Å². The van der Waals surface area contributed by atoms with Crippen molar-refractivity contribution in [1.82, 2.24) is 10.0 Å². The second-order valence-electron chi connectivity index (χ2n) is 5.78. The molecule has 1 aliphatic heterocycles. The molecule has 2 aromatic rings. The molecular weight excluding hydrogens is 435 g/mol. The van der Waals surface area contributed by atoms with E-state index in [0.29, 0.717) is 13.0 Å². The maximum absolute atomic E-state index is 12.4. The minimum absolute atomic E-state index is 0.0272. The maximum atomic E-state index is 12.4. The molecule has 12 heteroatoms. The summed E-state index contributed by atoms with van der Waals surface area (Å²) in [6.45, 7) is 1.25. The third-order valence-corrected chi connectivity index (χ3v) is 7.66. The van der Waals surface area contributed by atoms with Crippen molar-refractivity contribution in [2.45, 2.75) is 16.7 Å². The Labute approximate surface area is 169 Å². The number of nitrogens with one attached hydrogen (secondary N) is 4. The lowest BCUT2D eigenvalue weighted by Gasteiger charge is -2.11. The van der Waals surface area contributed by atoms with Gasteiger partial charge < -0.3 is 21.1 Å². The summed E-state index contributed by atoms with van der Waals surface area (Å²) >= 11 is 12.7. The number of aromatic hydroxyl groups is 1. The molecule has 0 radical (unpaired) electrons. The quantitative estimate of drug-likeness (QED) is 0.479. The summed E-state index contributed by atoms with van der Waals surface area (Å²) in [6, 6.07) is 3.80. The second-order valence-corrected chi connectivity index (χ2v) is 9.35. The summed E-state index contributed by atoms with van der Waals surface area (Å²) in [5.41, 5.74) is 0.250. The van der Waals surface area contributed by atoms with Gasteiger partial charge in [-0.2, -0.15) is 0 Å². The Bertz CT molecular complexity index is 959. The molecule has 1 aromatic carbocycles. The Kier molecular flexibility index (Phi) is 6.14. The van der Waals surface area contributed by atoms with Crippen molar-refractivity contribution in [3.8, 4) is 5.75 Å². The lowest BCUT2D eigenvalue weighted by molar-refractivity contribution is 0.262. The fourth-order valence-electron chi connectivity index (χ4n) is 2.52. The van der Waals surface area contributed by atoms with Crippen LogP contribution in [0.1, 0.15) is 6.42 Å². The van der Waals surface area contributed by atoms with Gasteiger partial charge in [-0.15, -0.1) is 11.3 Å². The highest BCUT2D eigenvalue weighted by molar-refractivity contribution is 7.91. The molecule has 1 fully saturated rings. The molecule has 8 nitrogen and oxygen atoms in total. The minimum atomic E-state index is -3.89. The number of carbonyl (C=O) groups is 1. The van der Waals surface area contributed by atoms with Crippen LogP contribution in [0.5, 0.6) is 5.75 Å². The van der Waals surface area contributed by atoms with E-state index in [9.17, 15) is 18.3 Å². The zero-order valence-electron chi connectivity index (χ0n) is 13.8. The smallest absolute Gasteiger partial charge is 0.323 e. The van der Waals surface area contributed by atoms with Gasteiger partial charge in [0.05, 0.1) is 21.4 Å². The number of amides is 2. The van der Waals surface area contributed by atoms with Gasteiger partial charge in [0.1, 0.15) is 0 Å². The Hall–Kier alpha value is -1.56. The zero-order chi connectivity index (χ0) is 19.6. The fourth-order valence-corrected chi connectivity index (χ4v) is 5.39. The average molecular weight is 451 g/mol. The van der Waals surface area contributed by atoms with Crippen molar-refractivity contribution in [2.75, 3.05) is 23.7 Å². The first-order chi connectivity index (χ1) is 12.8. The van der Waals surface area contributed by atoms with Crippen LogP contribution in [0.25, 0.3) is 0 Å². The molecule has 2 heterocycles. The van der Waals surface area contributed by atoms with Gasteiger partial charge in [0.25, 0.3) is 10.0 Å². The molecule has 27 heavy (non-hydrogen) atoms. The molecule has 146 valence electrons. The number of hydrogen-bond acceptors (Lipinski definition) is 6. The van der Waals surface area contributed by atoms with Crippen LogP contribution in [0.4, 0.5) is 16.2 Å². The van der Waals surface area contributed by atoms with Crippen molar-refractivity contribution < 1.29 is 18.3 Å². The molecule has 0 spiro atoms. The Morgan fingerprint density at radius 2 is 2.00 bits per heavy atom. The van der Waals surface area contributed by atoms with Crippen LogP contribution in [0.15, 0.2) is 27.8 Å². The number of urea groups is 1. The van der Waals surface area contributed by atoms with E-state index in [4.69, 9.17) is 23.2 Å². The summed E-state index contributed by atoms with van der Waals surface area (Å²) < 4.78 is 27.1. The second kappa shape index (κ2) is 8.21. The number of rotatable bonds is 5. The fraction of sp³-hybridized carbons (Fsp3) is 0.267. The number of anilines is 2. The SMILES string of the molecule is O=C(Nc1csc(S(=O)(=O)NC2CCNC2)c1O)Nc1cccc(Cl)c1Cl. The van der Waals surface area contributed by atoms with Crippen molar-refractivity contribution in [3.63, 3.8) is 0 Å². The van der Waals surface area contributed by atoms with Gasteiger partial charge in [0.15, 0.2) is 9.96 Å². The van der Waals surface area contributed by atoms with Gasteiger partial charge in [-0.3, -0.25) is 0 Å². The number of hydrogen-bond donors (Lipinski definition) is 5. The van der Waals surface area contributed by atoms with E-state index in [1.165, 1.54) is 5.38 Å². The standard InChI is InChI=1S/C15H16Cl2N4O4S2/c16-9-2-1-3-10(12(9)17)19-15(23)20-11-7-26-14(13(11)22)27(24,25)21-8-4-5-18-6-8/h1-3,7-8,18,21-22H,4-6H2,(H2,19,20,23). The first kappa shape index (κ1) is 20.2. The van der Waals surface area contributed by atoms with Gasteiger partial charge in [0, 0.05) is 18.0 Å². The van der Waals surface area contributed by atoms with Crippen LogP contribution < -0.4 is 20.7 Å². The summed E-state index contributed by atoms with van der Waals surface area (Å²) in [7, 11) is -3.89. The highest BCUT2D eigenvalue weighted by Gasteiger charge is 2.28. The van der Waals surface area contributed by atoms with Crippen molar-refractivity contribution in [3.05, 3.63) is 33.6 Å². The number of benzene rings is 1. The molecule has 1 atom stereocenters. The van der Waals surface area contributed by atoms with Crippen molar-refractivity contribution in [1.29, 1.82) is 0 Å². The molecule has 3 rings (SSSR count). The molecule has 0 saturated carbocycles. The van der Waals surface area contributed by atoms with E-state index in [-0.39, 0.29) is 31.7 Å². The Balaban J connectivity index is 1.71. The van der Waals surface area contributed by atoms with Crippen LogP contribution in [0, 0.1) is 0 Å². The predicted octanol–water partition coefficient (Wildman–Crippen LogP) is 3.04. The number of carbonyl (C=O) groups excluding carboxylic acids is 1. The highest BCUT2D eigenvalue weighted by Crippen LogP contribution is 2.38. The molecule has 2 amide bonds. The van der Waals surface area contributed by atoms with Crippen molar-refractivity contribution >= 4 is 62.0 Å². The molecule has 0 aliphatic carbocycles. The highest BCUT2D eigenvalue weighted by atomic mass is 35.5. The third kappa shape index (κ3) is 4.65. The minimum Gasteiger partial charge on any atom is -0.504 e. The molecule has 5 N–H and O–H groups in total. The van der Waals surface area contributed by atoms with E-state index in [1.54, 1.807) is 18.2 Å². The largest absolute Gasteiger partial charge is 0.504 e. The Morgan fingerprint density at radius 3 is 2.70 bits per heavy atom. The van der Waals surface area contributed by atoms with Crippen LogP contribution in [-0.4, -0.2) is 38.7 Å². The van der Waals surface area contributed by atoms with Gasteiger partial charge >= 0.3 is 6.03 Å². The topological polar surface area (TPSA) is 120 Å². The van der Waals surface area contributed by atoms with E-state index in [2.05, 4.69) is 20.7 Å². The molecule has 1 saturated heterocycles. The van der Waals surface area contributed by atoms with E-state index < -0.39 is 21.8 Å². The molecule has 0 bridgehead atoms. The van der Waals surface area contributed by atoms with Gasteiger partial charge in [0.2, 0.25) is 0 Å². The normalized spacial score (nSPS) is 17.0. The van der Waals surface area contributed by atoms with Crippen LogP contribution in [0.3, 0.4) is 0 Å². The van der Waals surface area contributed by atoms with Gasteiger partial charge in [-0.25, -0.2) is 17.9 Å². The molecule has 1 aliphatic rings. The van der Waals surface area contributed by atoms with Gasteiger partial charge in [-0.05, 0) is 25.1 Å². The first-order valence-electron chi connectivity index (χ1n) is 7.83. The lowest BCUT2D eigenvalue weighted by Crippen LogP contribution is -2.35. The van der Waals surface area contributed by atoms with E-state index in [1.807, 2.05) is 0 Å². The maximum Gasteiger partial charge on any atom is 0.323 e. The summed E-state index contributed by atoms with van der Waals surface area (Å²) in [5.74, 6) is -0.522. The molecule has 1 unspecified atom stereocenters. The number of halogens is 2.